The zero-order valence-electron chi connectivity index (χ0n) is 9.30. The van der Waals surface area contributed by atoms with Gasteiger partial charge in [0.1, 0.15) is 11.3 Å². The summed E-state index contributed by atoms with van der Waals surface area (Å²) >= 11 is 1.20. The predicted molar refractivity (Wildman–Crippen MR) is 65.8 cm³/mol. The van der Waals surface area contributed by atoms with Gasteiger partial charge in [0.25, 0.3) is 5.22 Å². The lowest BCUT2D eigenvalue weighted by Crippen LogP contribution is -2.06. The molecule has 0 radical (unpaired) electrons. The molecule has 6 heteroatoms. The van der Waals surface area contributed by atoms with Gasteiger partial charge in [0, 0.05) is 0 Å². The summed E-state index contributed by atoms with van der Waals surface area (Å²) in [4.78, 5) is 15.4. The normalized spacial score (nSPS) is 10.6. The number of ether oxygens (including phenoxy) is 1. The lowest BCUT2D eigenvalue weighted by molar-refractivity contribution is -0.139. The number of carbonyl (C=O) groups excluding carboxylic acids is 1. The van der Waals surface area contributed by atoms with E-state index in [0.717, 1.165) is 0 Å². The highest BCUT2D eigenvalue weighted by Crippen LogP contribution is 2.26. The molecule has 0 spiro atoms. The van der Waals surface area contributed by atoms with Gasteiger partial charge in [-0.15, -0.1) is 0 Å². The zero-order valence-corrected chi connectivity index (χ0v) is 10.1. The summed E-state index contributed by atoms with van der Waals surface area (Å²) in [7, 11) is 0. The second kappa shape index (κ2) is 5.09. The second-order valence-electron chi connectivity index (χ2n) is 3.27. The fourth-order valence-corrected chi connectivity index (χ4v) is 1.96. The van der Waals surface area contributed by atoms with Crippen LogP contribution in [0.3, 0.4) is 0 Å². The molecule has 0 aliphatic rings. The van der Waals surface area contributed by atoms with E-state index in [0.29, 0.717) is 28.6 Å². The highest BCUT2D eigenvalue weighted by Gasteiger charge is 2.10. The van der Waals surface area contributed by atoms with Crippen molar-refractivity contribution < 1.29 is 13.9 Å². The van der Waals surface area contributed by atoms with E-state index < -0.39 is 0 Å². The van der Waals surface area contributed by atoms with Crippen molar-refractivity contribution in [2.24, 2.45) is 0 Å². The Bertz CT molecular complexity index is 538. The van der Waals surface area contributed by atoms with E-state index in [1.807, 2.05) is 0 Å². The van der Waals surface area contributed by atoms with Gasteiger partial charge in [-0.2, -0.15) is 0 Å². The second-order valence-corrected chi connectivity index (χ2v) is 4.19. The number of nitrogens with zero attached hydrogens (tertiary/aromatic N) is 1. The van der Waals surface area contributed by atoms with Crippen LogP contribution in [0.1, 0.15) is 6.92 Å². The van der Waals surface area contributed by atoms with Gasteiger partial charge < -0.3 is 14.9 Å². The van der Waals surface area contributed by atoms with Gasteiger partial charge in [-0.05, 0) is 19.1 Å². The van der Waals surface area contributed by atoms with E-state index in [9.17, 15) is 4.79 Å². The van der Waals surface area contributed by atoms with E-state index in [2.05, 4.69) is 4.98 Å². The standard InChI is InChI=1S/C11H12N2O3S/c1-2-15-9(14)6-17-11-13-10-7(12)4-3-5-8(10)16-11/h3-5H,2,6,12H2,1H3. The number of hydrogen-bond acceptors (Lipinski definition) is 6. The minimum atomic E-state index is -0.285. The van der Waals surface area contributed by atoms with Crippen molar-refractivity contribution >= 4 is 34.5 Å². The number of nitrogen functional groups attached to an aromatic ring is 1. The number of thioether (sulfide) groups is 1. The molecule has 1 aromatic heterocycles. The summed E-state index contributed by atoms with van der Waals surface area (Å²) in [5, 5.41) is 0.422. The Balaban J connectivity index is 2.10. The molecule has 0 aliphatic heterocycles. The zero-order chi connectivity index (χ0) is 12.3. The molecule has 90 valence electrons. The van der Waals surface area contributed by atoms with Gasteiger partial charge in [0.15, 0.2) is 5.58 Å². The first-order chi connectivity index (χ1) is 8.20. The maximum absolute atomic E-state index is 11.2. The van der Waals surface area contributed by atoms with Crippen molar-refractivity contribution in [3.63, 3.8) is 0 Å². The van der Waals surface area contributed by atoms with Crippen molar-refractivity contribution in [1.29, 1.82) is 0 Å². The van der Waals surface area contributed by atoms with Crippen LogP contribution in [0.2, 0.25) is 0 Å². The monoisotopic (exact) mass is 252 g/mol. The predicted octanol–water partition coefficient (Wildman–Crippen LogP) is 2.07. The van der Waals surface area contributed by atoms with E-state index in [-0.39, 0.29) is 11.7 Å². The third kappa shape index (κ3) is 2.71. The number of nitrogens with two attached hydrogens (primary N) is 1. The van der Waals surface area contributed by atoms with Gasteiger partial charge >= 0.3 is 5.97 Å². The molecule has 0 saturated carbocycles. The molecule has 1 heterocycles. The van der Waals surface area contributed by atoms with Crippen molar-refractivity contribution in [3.8, 4) is 0 Å². The van der Waals surface area contributed by atoms with Crippen molar-refractivity contribution in [2.75, 3.05) is 18.1 Å². The van der Waals surface area contributed by atoms with Gasteiger partial charge in [0.05, 0.1) is 12.3 Å². The maximum atomic E-state index is 11.2. The number of oxazole rings is 1. The van der Waals surface area contributed by atoms with E-state index in [1.165, 1.54) is 11.8 Å². The minimum absolute atomic E-state index is 0.181. The van der Waals surface area contributed by atoms with Gasteiger partial charge in [-0.3, -0.25) is 4.79 Å². The molecule has 2 rings (SSSR count). The maximum Gasteiger partial charge on any atom is 0.316 e. The number of hydrogen-bond donors (Lipinski definition) is 1. The molecule has 0 amide bonds. The van der Waals surface area contributed by atoms with Crippen LogP contribution < -0.4 is 5.73 Å². The summed E-state index contributed by atoms with van der Waals surface area (Å²) < 4.78 is 10.2. The third-order valence-corrected chi connectivity index (χ3v) is 2.85. The summed E-state index contributed by atoms with van der Waals surface area (Å²) in [6, 6.07) is 5.33. The summed E-state index contributed by atoms with van der Waals surface area (Å²) in [5.41, 5.74) is 7.56. The molecule has 5 nitrogen and oxygen atoms in total. The molecule has 2 aromatic rings. The molecule has 0 unspecified atom stereocenters. The Kier molecular flexibility index (Phi) is 3.53. The van der Waals surface area contributed by atoms with Crippen molar-refractivity contribution in [1.82, 2.24) is 4.98 Å². The summed E-state index contributed by atoms with van der Waals surface area (Å²) in [6.07, 6.45) is 0. The Morgan fingerprint density at radius 1 is 1.59 bits per heavy atom. The largest absolute Gasteiger partial charge is 0.465 e. The molecule has 0 saturated heterocycles. The SMILES string of the molecule is CCOC(=O)CSc1nc2c(N)cccc2o1. The first-order valence-electron chi connectivity index (χ1n) is 5.14. The summed E-state index contributed by atoms with van der Waals surface area (Å²) in [6.45, 7) is 2.14. The molecule has 0 atom stereocenters. The van der Waals surface area contributed by atoms with Crippen molar-refractivity contribution in [3.05, 3.63) is 18.2 Å². The topological polar surface area (TPSA) is 78.3 Å². The lowest BCUT2D eigenvalue weighted by Gasteiger charge is -1.97. The number of fused-ring (bicyclic) bond motifs is 1. The first kappa shape index (κ1) is 11.8. The van der Waals surface area contributed by atoms with Gasteiger partial charge in [0.2, 0.25) is 0 Å². The number of rotatable bonds is 4. The van der Waals surface area contributed by atoms with Crippen LogP contribution in [-0.2, 0) is 9.53 Å². The number of para-hydroxylation sites is 1. The van der Waals surface area contributed by atoms with Crippen LogP contribution in [0.15, 0.2) is 27.8 Å². The molecule has 0 bridgehead atoms. The van der Waals surface area contributed by atoms with E-state index in [1.54, 1.807) is 25.1 Å². The fraction of sp³-hybridized carbons (Fsp3) is 0.273. The Hall–Kier alpha value is -1.69. The highest BCUT2D eigenvalue weighted by molar-refractivity contribution is 7.99. The number of benzene rings is 1. The molecule has 0 fully saturated rings. The minimum Gasteiger partial charge on any atom is -0.465 e. The summed E-state index contributed by atoms with van der Waals surface area (Å²) in [5.74, 6) is -0.103. The Labute approximate surface area is 102 Å². The fourth-order valence-electron chi connectivity index (χ4n) is 1.33. The Morgan fingerprint density at radius 3 is 3.12 bits per heavy atom. The highest BCUT2D eigenvalue weighted by atomic mass is 32.2. The lowest BCUT2D eigenvalue weighted by atomic mass is 10.3. The van der Waals surface area contributed by atoms with E-state index >= 15 is 0 Å². The average Bonchev–Trinajstić information content (AvgIpc) is 2.71. The van der Waals surface area contributed by atoms with Gasteiger partial charge in [-0.1, -0.05) is 17.8 Å². The van der Waals surface area contributed by atoms with Crippen LogP contribution in [0, 0.1) is 0 Å². The number of esters is 1. The Morgan fingerprint density at radius 2 is 2.41 bits per heavy atom. The van der Waals surface area contributed by atoms with Crippen molar-refractivity contribution in [2.45, 2.75) is 12.1 Å². The number of aromatic nitrogens is 1. The molecular weight excluding hydrogens is 240 g/mol. The third-order valence-electron chi connectivity index (χ3n) is 2.05. The smallest absolute Gasteiger partial charge is 0.316 e. The van der Waals surface area contributed by atoms with E-state index in [4.69, 9.17) is 14.9 Å². The quantitative estimate of drug-likeness (QED) is 0.510. The molecule has 17 heavy (non-hydrogen) atoms. The number of anilines is 1. The molecule has 1 aromatic carbocycles. The van der Waals surface area contributed by atoms with Crippen LogP contribution >= 0.6 is 11.8 Å². The average molecular weight is 252 g/mol. The van der Waals surface area contributed by atoms with Crippen LogP contribution in [-0.4, -0.2) is 23.3 Å². The number of carbonyl (C=O) groups is 1. The van der Waals surface area contributed by atoms with Gasteiger partial charge in [-0.25, -0.2) is 4.98 Å². The van der Waals surface area contributed by atoms with Crippen LogP contribution in [0.5, 0.6) is 0 Å². The molecular formula is C11H12N2O3S. The van der Waals surface area contributed by atoms with Crippen LogP contribution in [0.4, 0.5) is 5.69 Å². The van der Waals surface area contributed by atoms with Crippen LogP contribution in [0.25, 0.3) is 11.1 Å². The molecule has 2 N–H and O–H groups in total. The first-order valence-corrected chi connectivity index (χ1v) is 6.12. The molecule has 0 aliphatic carbocycles.